The smallest absolute Gasteiger partial charge is 0.128 e. The second kappa shape index (κ2) is 5.43. The number of fused-ring (bicyclic) bond motifs is 1. The van der Waals surface area contributed by atoms with E-state index < -0.39 is 0 Å². The van der Waals surface area contributed by atoms with Crippen LogP contribution in [0.2, 0.25) is 0 Å². The third-order valence-corrected chi connectivity index (χ3v) is 3.97. The van der Waals surface area contributed by atoms with Gasteiger partial charge in [-0.1, -0.05) is 6.07 Å². The van der Waals surface area contributed by atoms with Gasteiger partial charge in [-0.15, -0.1) is 11.6 Å². The number of nitrogens with zero attached hydrogens (tertiary/aromatic N) is 3. The summed E-state index contributed by atoms with van der Waals surface area (Å²) in [6, 6.07) is 8.27. The molecule has 0 amide bonds. The summed E-state index contributed by atoms with van der Waals surface area (Å²) in [6.45, 7) is 3.45. The fraction of sp³-hybridized carbons (Fsp3) is 0.467. The maximum absolute atomic E-state index is 9.23. The molecule has 0 saturated carbocycles. The summed E-state index contributed by atoms with van der Waals surface area (Å²) >= 11 is 6.30. The Morgan fingerprint density at radius 2 is 2.20 bits per heavy atom. The molecule has 5 heteroatoms. The van der Waals surface area contributed by atoms with Crippen molar-refractivity contribution in [3.63, 3.8) is 0 Å². The van der Waals surface area contributed by atoms with Crippen LogP contribution < -0.4 is 0 Å². The van der Waals surface area contributed by atoms with Crippen LogP contribution in [0.4, 0.5) is 0 Å². The predicted octanol–water partition coefficient (Wildman–Crippen LogP) is 3.56. The number of rotatable bonds is 2. The Bertz CT molecular complexity index is 666. The number of benzene rings is 1. The first-order valence-electron chi connectivity index (χ1n) is 6.85. The summed E-state index contributed by atoms with van der Waals surface area (Å²) in [5.41, 5.74) is 2.36. The molecule has 20 heavy (non-hydrogen) atoms. The van der Waals surface area contributed by atoms with Gasteiger partial charge >= 0.3 is 0 Å². The van der Waals surface area contributed by atoms with Gasteiger partial charge in [-0.3, -0.25) is 0 Å². The number of halogens is 1. The molecule has 1 aromatic heterocycles. The molecule has 0 N–H and O–H groups in total. The lowest BCUT2D eigenvalue weighted by Gasteiger charge is -2.26. The van der Waals surface area contributed by atoms with E-state index in [1.165, 1.54) is 0 Å². The van der Waals surface area contributed by atoms with Gasteiger partial charge in [0, 0.05) is 19.3 Å². The molecule has 2 aromatic rings. The molecule has 2 heterocycles. The van der Waals surface area contributed by atoms with E-state index in [4.69, 9.17) is 16.3 Å². The standard InChI is InChI=1S/C15H16ClN3O/c1-10(16)15-18-14-11(9-17)3-2-4-13(14)19(15)12-5-7-20-8-6-12/h2-4,10,12H,5-8H2,1H3. The van der Waals surface area contributed by atoms with E-state index in [-0.39, 0.29) is 5.38 Å². The Morgan fingerprint density at radius 3 is 2.85 bits per heavy atom. The molecule has 3 rings (SSSR count). The van der Waals surface area contributed by atoms with E-state index in [1.807, 2.05) is 19.1 Å². The zero-order chi connectivity index (χ0) is 14.1. The van der Waals surface area contributed by atoms with E-state index in [9.17, 15) is 5.26 Å². The van der Waals surface area contributed by atoms with Crippen molar-refractivity contribution in [3.8, 4) is 6.07 Å². The van der Waals surface area contributed by atoms with Crippen LogP contribution in [0.1, 0.15) is 42.6 Å². The van der Waals surface area contributed by atoms with Gasteiger partial charge in [-0.05, 0) is 31.9 Å². The molecule has 1 fully saturated rings. The first-order valence-corrected chi connectivity index (χ1v) is 7.28. The van der Waals surface area contributed by atoms with Gasteiger partial charge in [0.1, 0.15) is 17.4 Å². The maximum atomic E-state index is 9.23. The van der Waals surface area contributed by atoms with Crippen LogP contribution in [0.15, 0.2) is 18.2 Å². The summed E-state index contributed by atoms with van der Waals surface area (Å²) in [5, 5.41) is 9.05. The predicted molar refractivity (Wildman–Crippen MR) is 77.8 cm³/mol. The molecule has 1 aliphatic heterocycles. The molecule has 1 atom stereocenters. The highest BCUT2D eigenvalue weighted by atomic mass is 35.5. The van der Waals surface area contributed by atoms with E-state index in [0.717, 1.165) is 42.9 Å². The number of hydrogen-bond acceptors (Lipinski definition) is 3. The molecule has 0 bridgehead atoms. The van der Waals surface area contributed by atoms with Crippen LogP contribution in [0.5, 0.6) is 0 Å². The number of alkyl halides is 1. The zero-order valence-electron chi connectivity index (χ0n) is 11.3. The third-order valence-electron chi connectivity index (χ3n) is 3.78. The average molecular weight is 290 g/mol. The number of para-hydroxylation sites is 1. The number of hydrogen-bond donors (Lipinski definition) is 0. The highest BCUT2D eigenvalue weighted by Gasteiger charge is 2.24. The van der Waals surface area contributed by atoms with Gasteiger partial charge in [-0.2, -0.15) is 5.26 Å². The Labute approximate surface area is 122 Å². The molecule has 1 aromatic carbocycles. The molecule has 1 unspecified atom stereocenters. The molecular formula is C15H16ClN3O. The number of aromatic nitrogens is 2. The van der Waals surface area contributed by atoms with Crippen molar-refractivity contribution in [1.29, 1.82) is 5.26 Å². The molecule has 0 spiro atoms. The summed E-state index contributed by atoms with van der Waals surface area (Å²) < 4.78 is 7.64. The van der Waals surface area contributed by atoms with Crippen molar-refractivity contribution in [2.75, 3.05) is 13.2 Å². The van der Waals surface area contributed by atoms with Crippen LogP contribution in [0.3, 0.4) is 0 Å². The lowest BCUT2D eigenvalue weighted by Crippen LogP contribution is -2.21. The molecule has 0 radical (unpaired) electrons. The van der Waals surface area contributed by atoms with Gasteiger partial charge in [-0.25, -0.2) is 4.98 Å². The summed E-state index contributed by atoms with van der Waals surface area (Å²) in [4.78, 5) is 4.63. The molecular weight excluding hydrogens is 274 g/mol. The minimum atomic E-state index is -0.184. The van der Waals surface area contributed by atoms with Crippen molar-refractivity contribution in [3.05, 3.63) is 29.6 Å². The van der Waals surface area contributed by atoms with E-state index in [0.29, 0.717) is 11.6 Å². The van der Waals surface area contributed by atoms with Gasteiger partial charge < -0.3 is 9.30 Å². The Hall–Kier alpha value is -1.57. The van der Waals surface area contributed by atoms with Crippen LogP contribution >= 0.6 is 11.6 Å². The van der Waals surface area contributed by atoms with Crippen LogP contribution in [-0.4, -0.2) is 22.8 Å². The lowest BCUT2D eigenvalue weighted by molar-refractivity contribution is 0.0698. The Morgan fingerprint density at radius 1 is 1.45 bits per heavy atom. The summed E-state index contributed by atoms with van der Waals surface area (Å²) in [7, 11) is 0. The molecule has 0 aliphatic carbocycles. The van der Waals surface area contributed by atoms with Crippen molar-refractivity contribution in [2.24, 2.45) is 0 Å². The third kappa shape index (κ3) is 2.17. The van der Waals surface area contributed by atoms with Crippen molar-refractivity contribution in [1.82, 2.24) is 9.55 Å². The highest BCUT2D eigenvalue weighted by Crippen LogP contribution is 2.33. The second-order valence-electron chi connectivity index (χ2n) is 5.08. The first kappa shape index (κ1) is 13.4. The molecule has 104 valence electrons. The monoisotopic (exact) mass is 289 g/mol. The van der Waals surface area contributed by atoms with Crippen molar-refractivity contribution in [2.45, 2.75) is 31.2 Å². The molecule has 4 nitrogen and oxygen atoms in total. The van der Waals surface area contributed by atoms with Crippen molar-refractivity contribution < 1.29 is 4.74 Å². The lowest BCUT2D eigenvalue weighted by atomic mass is 10.1. The number of nitriles is 1. The highest BCUT2D eigenvalue weighted by molar-refractivity contribution is 6.20. The van der Waals surface area contributed by atoms with Crippen LogP contribution in [0, 0.1) is 11.3 Å². The summed E-state index contributed by atoms with van der Waals surface area (Å²) in [5.74, 6) is 0.844. The van der Waals surface area contributed by atoms with Gasteiger partial charge in [0.2, 0.25) is 0 Å². The Balaban J connectivity index is 2.22. The first-order chi connectivity index (χ1) is 9.72. The van der Waals surface area contributed by atoms with Gasteiger partial charge in [0.25, 0.3) is 0 Å². The largest absolute Gasteiger partial charge is 0.381 e. The number of imidazole rings is 1. The van der Waals surface area contributed by atoms with E-state index >= 15 is 0 Å². The topological polar surface area (TPSA) is 50.8 Å². The second-order valence-corrected chi connectivity index (χ2v) is 5.74. The van der Waals surface area contributed by atoms with Crippen molar-refractivity contribution >= 4 is 22.6 Å². The Kier molecular flexibility index (Phi) is 3.64. The van der Waals surface area contributed by atoms with Crippen LogP contribution in [-0.2, 0) is 4.74 Å². The van der Waals surface area contributed by atoms with E-state index in [2.05, 4.69) is 15.6 Å². The van der Waals surface area contributed by atoms with Gasteiger partial charge in [0.15, 0.2) is 0 Å². The minimum Gasteiger partial charge on any atom is -0.381 e. The maximum Gasteiger partial charge on any atom is 0.128 e. The fourth-order valence-electron chi connectivity index (χ4n) is 2.83. The zero-order valence-corrected chi connectivity index (χ0v) is 12.1. The SMILES string of the molecule is CC(Cl)c1nc2c(C#N)cccc2n1C1CCOCC1. The fourth-order valence-corrected chi connectivity index (χ4v) is 2.99. The molecule has 1 saturated heterocycles. The van der Waals surface area contributed by atoms with E-state index in [1.54, 1.807) is 6.07 Å². The average Bonchev–Trinajstić information content (AvgIpc) is 2.87. The normalized spacial score (nSPS) is 18.1. The van der Waals surface area contributed by atoms with Crippen LogP contribution in [0.25, 0.3) is 11.0 Å². The summed E-state index contributed by atoms with van der Waals surface area (Å²) in [6.07, 6.45) is 1.91. The minimum absolute atomic E-state index is 0.184. The molecule has 1 aliphatic rings. The van der Waals surface area contributed by atoms with Gasteiger partial charge in [0.05, 0.1) is 16.5 Å². The quantitative estimate of drug-likeness (QED) is 0.794. The number of ether oxygens (including phenoxy) is 1.